The van der Waals surface area contributed by atoms with E-state index in [9.17, 15) is 9.59 Å². The fourth-order valence-electron chi connectivity index (χ4n) is 4.63. The quantitative estimate of drug-likeness (QED) is 0.730. The molecule has 0 saturated carbocycles. The number of allylic oxidation sites excluding steroid dienone is 2. The minimum absolute atomic E-state index is 0.00650. The highest BCUT2D eigenvalue weighted by molar-refractivity contribution is 6.08. The first-order valence-electron chi connectivity index (χ1n) is 10.3. The number of benzene rings is 2. The fourth-order valence-corrected chi connectivity index (χ4v) is 4.63. The molecule has 156 valence electrons. The Kier molecular flexibility index (Phi) is 5.37. The number of rotatable bonds is 4. The Hall–Kier alpha value is -3.08. The monoisotopic (exact) mass is 405 g/mol. The predicted molar refractivity (Wildman–Crippen MR) is 116 cm³/mol. The Morgan fingerprint density at radius 3 is 2.53 bits per heavy atom. The van der Waals surface area contributed by atoms with Crippen LogP contribution in [0.25, 0.3) is 0 Å². The predicted octanol–water partition coefficient (Wildman–Crippen LogP) is 4.85. The first-order valence-corrected chi connectivity index (χ1v) is 10.3. The van der Waals surface area contributed by atoms with Gasteiger partial charge in [0.2, 0.25) is 5.91 Å². The molecule has 0 N–H and O–H groups in total. The highest BCUT2D eigenvalue weighted by atomic mass is 16.5. The summed E-state index contributed by atoms with van der Waals surface area (Å²) in [5.74, 6) is 1.15. The number of aryl methyl sites for hydroxylation is 1. The molecular weight excluding hydrogens is 378 g/mol. The summed E-state index contributed by atoms with van der Waals surface area (Å²) in [4.78, 5) is 28.4. The second-order valence-corrected chi connectivity index (χ2v) is 7.95. The highest BCUT2D eigenvalue weighted by Crippen LogP contribution is 2.46. The molecule has 1 aliphatic carbocycles. The lowest BCUT2D eigenvalue weighted by Gasteiger charge is -2.39. The number of ether oxygens (including phenoxy) is 2. The van der Waals surface area contributed by atoms with E-state index in [-0.39, 0.29) is 24.0 Å². The van der Waals surface area contributed by atoms with Crippen molar-refractivity contribution < 1.29 is 19.1 Å². The van der Waals surface area contributed by atoms with Crippen molar-refractivity contribution in [3.05, 3.63) is 64.4 Å². The Morgan fingerprint density at radius 1 is 1.00 bits per heavy atom. The first-order chi connectivity index (χ1) is 14.5. The lowest BCUT2D eigenvalue weighted by Crippen LogP contribution is -2.41. The molecule has 0 spiro atoms. The number of amides is 1. The summed E-state index contributed by atoms with van der Waals surface area (Å²) < 4.78 is 11.0. The number of ketones is 1. The molecule has 1 aliphatic heterocycles. The second kappa shape index (κ2) is 7.98. The maximum Gasteiger partial charge on any atom is 0.232 e. The fraction of sp³-hybridized carbons (Fsp3) is 0.360. The van der Waals surface area contributed by atoms with E-state index in [4.69, 9.17) is 9.47 Å². The third kappa shape index (κ3) is 3.28. The zero-order valence-corrected chi connectivity index (χ0v) is 18.0. The average Bonchev–Trinajstić information content (AvgIpc) is 2.75. The van der Waals surface area contributed by atoms with E-state index >= 15 is 0 Å². The molecule has 5 nitrogen and oxygen atoms in total. The van der Waals surface area contributed by atoms with Crippen LogP contribution in [0.2, 0.25) is 0 Å². The molecule has 1 unspecified atom stereocenters. The molecule has 0 aromatic heterocycles. The van der Waals surface area contributed by atoms with Crippen LogP contribution in [0.5, 0.6) is 11.5 Å². The summed E-state index contributed by atoms with van der Waals surface area (Å²) >= 11 is 0. The minimum atomic E-state index is -0.327. The average molecular weight is 405 g/mol. The molecule has 0 radical (unpaired) electrons. The molecular formula is C25H27NO4. The van der Waals surface area contributed by atoms with E-state index < -0.39 is 0 Å². The van der Waals surface area contributed by atoms with E-state index in [0.717, 1.165) is 40.1 Å². The van der Waals surface area contributed by atoms with E-state index in [1.807, 2.05) is 50.2 Å². The molecule has 2 aliphatic rings. The van der Waals surface area contributed by atoms with Gasteiger partial charge in [0.1, 0.15) is 11.5 Å². The third-order valence-corrected chi connectivity index (χ3v) is 6.30. The molecule has 30 heavy (non-hydrogen) atoms. The summed E-state index contributed by atoms with van der Waals surface area (Å²) in [5, 5.41) is 0. The number of methoxy groups -OCH3 is 2. The van der Waals surface area contributed by atoms with Gasteiger partial charge in [0.15, 0.2) is 5.78 Å². The SMILES string of the molecule is COc1ccc(OC)c(C2CC(=O)N(c3cccc(C)c3C)C3=C2C(=O)CCC3)c1. The zero-order chi connectivity index (χ0) is 21.4. The van der Waals surface area contributed by atoms with Gasteiger partial charge in [-0.1, -0.05) is 12.1 Å². The van der Waals surface area contributed by atoms with Crippen LogP contribution in [-0.2, 0) is 9.59 Å². The summed E-state index contributed by atoms with van der Waals surface area (Å²) in [5.41, 5.74) is 5.47. The molecule has 4 rings (SSSR count). The van der Waals surface area contributed by atoms with E-state index in [0.29, 0.717) is 24.3 Å². The van der Waals surface area contributed by atoms with Crippen molar-refractivity contribution in [2.45, 2.75) is 45.4 Å². The molecule has 1 heterocycles. The highest BCUT2D eigenvalue weighted by Gasteiger charge is 2.41. The summed E-state index contributed by atoms with van der Waals surface area (Å²) in [6.07, 6.45) is 2.20. The number of nitrogens with zero attached hydrogens (tertiary/aromatic N) is 1. The largest absolute Gasteiger partial charge is 0.497 e. The van der Waals surface area contributed by atoms with Gasteiger partial charge in [0, 0.05) is 35.6 Å². The smallest absolute Gasteiger partial charge is 0.232 e. The van der Waals surface area contributed by atoms with Crippen LogP contribution in [0.15, 0.2) is 47.7 Å². The Balaban J connectivity index is 1.92. The molecule has 0 fully saturated rings. The van der Waals surface area contributed by atoms with Gasteiger partial charge in [-0.2, -0.15) is 0 Å². The topological polar surface area (TPSA) is 55.8 Å². The van der Waals surface area contributed by atoms with Gasteiger partial charge >= 0.3 is 0 Å². The van der Waals surface area contributed by atoms with Gasteiger partial charge in [-0.25, -0.2) is 0 Å². The Labute approximate surface area is 177 Å². The van der Waals surface area contributed by atoms with Gasteiger partial charge in [-0.3, -0.25) is 14.5 Å². The lowest BCUT2D eigenvalue weighted by atomic mass is 9.76. The number of carbonyl (C=O) groups is 2. The number of anilines is 1. The third-order valence-electron chi connectivity index (χ3n) is 6.30. The Morgan fingerprint density at radius 2 is 1.80 bits per heavy atom. The van der Waals surface area contributed by atoms with Crippen molar-refractivity contribution in [2.24, 2.45) is 0 Å². The molecule has 2 aromatic rings. The molecule has 1 amide bonds. The van der Waals surface area contributed by atoms with Crippen molar-refractivity contribution in [1.29, 1.82) is 0 Å². The second-order valence-electron chi connectivity index (χ2n) is 7.95. The summed E-state index contributed by atoms with van der Waals surface area (Å²) in [7, 11) is 3.21. The van der Waals surface area contributed by atoms with E-state index in [1.54, 1.807) is 19.1 Å². The number of hydrogen-bond donors (Lipinski definition) is 0. The van der Waals surface area contributed by atoms with Gasteiger partial charge in [-0.15, -0.1) is 0 Å². The molecule has 0 saturated heterocycles. The van der Waals surface area contributed by atoms with E-state index in [2.05, 4.69) is 0 Å². The number of hydrogen-bond acceptors (Lipinski definition) is 4. The normalized spacial score (nSPS) is 19.1. The number of Topliss-reactive ketones (excluding diaryl/α,β-unsaturated/α-hetero) is 1. The molecule has 5 heteroatoms. The first kappa shape index (κ1) is 20.2. The van der Waals surface area contributed by atoms with Gasteiger partial charge < -0.3 is 9.47 Å². The standard InChI is InChI=1S/C25H27NO4/c1-15-7-5-8-20(16(15)2)26-21-9-6-10-22(27)25(21)19(14-24(26)28)18-13-17(29-3)11-12-23(18)30-4/h5,7-8,11-13,19H,6,9-10,14H2,1-4H3. The maximum atomic E-state index is 13.5. The van der Waals surface area contributed by atoms with Crippen LogP contribution in [0.4, 0.5) is 5.69 Å². The zero-order valence-electron chi connectivity index (χ0n) is 18.0. The van der Waals surface area contributed by atoms with Crippen LogP contribution >= 0.6 is 0 Å². The Bertz CT molecular complexity index is 1050. The van der Waals surface area contributed by atoms with Crippen LogP contribution in [-0.4, -0.2) is 25.9 Å². The van der Waals surface area contributed by atoms with Crippen LogP contribution in [0.3, 0.4) is 0 Å². The van der Waals surface area contributed by atoms with Gasteiger partial charge in [-0.05, 0) is 62.1 Å². The van der Waals surface area contributed by atoms with Crippen molar-refractivity contribution in [3.8, 4) is 11.5 Å². The van der Waals surface area contributed by atoms with Gasteiger partial charge in [0.05, 0.1) is 19.9 Å². The number of carbonyl (C=O) groups excluding carboxylic acids is 2. The molecule has 0 bridgehead atoms. The van der Waals surface area contributed by atoms with Crippen LogP contribution in [0, 0.1) is 13.8 Å². The van der Waals surface area contributed by atoms with Crippen molar-refractivity contribution in [1.82, 2.24) is 0 Å². The minimum Gasteiger partial charge on any atom is -0.497 e. The van der Waals surface area contributed by atoms with Crippen molar-refractivity contribution in [2.75, 3.05) is 19.1 Å². The molecule has 1 atom stereocenters. The van der Waals surface area contributed by atoms with Crippen LogP contribution < -0.4 is 14.4 Å². The van der Waals surface area contributed by atoms with Crippen molar-refractivity contribution in [3.63, 3.8) is 0 Å². The van der Waals surface area contributed by atoms with Gasteiger partial charge in [0.25, 0.3) is 0 Å². The van der Waals surface area contributed by atoms with Crippen LogP contribution in [0.1, 0.15) is 48.3 Å². The molecule has 2 aromatic carbocycles. The lowest BCUT2D eigenvalue weighted by molar-refractivity contribution is -0.119. The maximum absolute atomic E-state index is 13.5. The van der Waals surface area contributed by atoms with Crippen molar-refractivity contribution >= 4 is 17.4 Å². The summed E-state index contributed by atoms with van der Waals surface area (Å²) in [6.45, 7) is 4.07. The summed E-state index contributed by atoms with van der Waals surface area (Å²) in [6, 6.07) is 11.5. The van der Waals surface area contributed by atoms with E-state index in [1.165, 1.54) is 0 Å².